The first-order valence-corrected chi connectivity index (χ1v) is 8.38. The van der Waals surface area contributed by atoms with E-state index in [2.05, 4.69) is 30.6 Å². The first-order valence-electron chi connectivity index (χ1n) is 8.38. The Morgan fingerprint density at radius 2 is 1.68 bits per heavy atom. The molecule has 4 rings (SSSR count). The summed E-state index contributed by atoms with van der Waals surface area (Å²) in [7, 11) is 0. The number of nitrogens with one attached hydrogen (secondary N) is 3. The van der Waals surface area contributed by atoms with Crippen LogP contribution in [0.25, 0.3) is 10.9 Å². The second-order valence-corrected chi connectivity index (χ2v) is 6.17. The molecule has 140 valence electrons. The molecule has 9 nitrogen and oxygen atoms in total. The highest BCUT2D eigenvalue weighted by atomic mass is 16.4. The van der Waals surface area contributed by atoms with Crippen molar-refractivity contribution in [3.8, 4) is 6.01 Å². The molecule has 0 bridgehead atoms. The van der Waals surface area contributed by atoms with Crippen LogP contribution in [0.2, 0.25) is 0 Å². The van der Waals surface area contributed by atoms with Gasteiger partial charge in [-0.05, 0) is 49.4 Å². The SMILES string of the molecule is Cc1cc2cc(Nc3nc(O)nc(Nc4cccc(C(=O)O)c4)n3)ccc2[nH]1. The molecule has 0 spiro atoms. The Balaban J connectivity index is 1.59. The van der Waals surface area contributed by atoms with Crippen LogP contribution in [0, 0.1) is 6.92 Å². The zero-order valence-corrected chi connectivity index (χ0v) is 14.8. The lowest BCUT2D eigenvalue weighted by atomic mass is 10.2. The van der Waals surface area contributed by atoms with Crippen LogP contribution < -0.4 is 10.6 Å². The largest absolute Gasteiger partial charge is 0.479 e. The minimum atomic E-state index is -1.04. The van der Waals surface area contributed by atoms with Crippen LogP contribution >= 0.6 is 0 Å². The summed E-state index contributed by atoms with van der Waals surface area (Å²) in [6.07, 6.45) is 0. The molecule has 0 fully saturated rings. The van der Waals surface area contributed by atoms with Crippen LogP contribution in [0.3, 0.4) is 0 Å². The van der Waals surface area contributed by atoms with Gasteiger partial charge in [0.25, 0.3) is 0 Å². The number of rotatable bonds is 5. The molecule has 2 aromatic carbocycles. The summed E-state index contributed by atoms with van der Waals surface area (Å²) < 4.78 is 0. The van der Waals surface area contributed by atoms with E-state index in [1.165, 1.54) is 12.1 Å². The fourth-order valence-corrected chi connectivity index (χ4v) is 2.82. The lowest BCUT2D eigenvalue weighted by Gasteiger charge is -2.09. The number of aromatic amines is 1. The van der Waals surface area contributed by atoms with Crippen LogP contribution in [0.4, 0.5) is 23.3 Å². The van der Waals surface area contributed by atoms with E-state index in [0.717, 1.165) is 22.3 Å². The fourth-order valence-electron chi connectivity index (χ4n) is 2.82. The van der Waals surface area contributed by atoms with Crippen molar-refractivity contribution in [3.05, 3.63) is 59.8 Å². The molecule has 9 heteroatoms. The van der Waals surface area contributed by atoms with Gasteiger partial charge in [-0.15, -0.1) is 0 Å². The molecule has 4 aromatic rings. The standard InChI is InChI=1S/C19H16N6O3/c1-10-7-12-9-14(5-6-15(12)20-10)22-18-23-17(24-19(28)25-18)21-13-4-2-3-11(8-13)16(26)27/h2-9,20H,1H3,(H,26,27)(H3,21,22,23,24,25,28). The Morgan fingerprint density at radius 1 is 0.964 bits per heavy atom. The number of anilines is 4. The maximum atomic E-state index is 11.1. The number of hydrogen-bond acceptors (Lipinski definition) is 7. The van der Waals surface area contributed by atoms with Gasteiger partial charge in [-0.25, -0.2) is 4.79 Å². The number of hydrogen-bond donors (Lipinski definition) is 5. The number of carbonyl (C=O) groups is 1. The van der Waals surface area contributed by atoms with Crippen molar-refractivity contribution in [2.24, 2.45) is 0 Å². The number of H-pyrrole nitrogens is 1. The van der Waals surface area contributed by atoms with Crippen LogP contribution in [0.15, 0.2) is 48.5 Å². The van der Waals surface area contributed by atoms with Gasteiger partial charge in [-0.3, -0.25) is 0 Å². The molecule has 2 aromatic heterocycles. The zero-order chi connectivity index (χ0) is 19.7. The fraction of sp³-hybridized carbons (Fsp3) is 0.0526. The molecule has 0 atom stereocenters. The topological polar surface area (TPSA) is 136 Å². The van der Waals surface area contributed by atoms with Gasteiger partial charge in [0.05, 0.1) is 5.56 Å². The van der Waals surface area contributed by atoms with E-state index in [9.17, 15) is 9.90 Å². The third-order valence-electron chi connectivity index (χ3n) is 4.00. The first-order chi connectivity index (χ1) is 13.5. The molecule has 0 radical (unpaired) electrons. The zero-order valence-electron chi connectivity index (χ0n) is 14.8. The van der Waals surface area contributed by atoms with E-state index in [0.29, 0.717) is 5.69 Å². The van der Waals surface area contributed by atoms with Gasteiger partial charge in [-0.1, -0.05) is 6.07 Å². The summed E-state index contributed by atoms with van der Waals surface area (Å²) in [6, 6.07) is 13.5. The maximum Gasteiger partial charge on any atom is 0.335 e. The summed E-state index contributed by atoms with van der Waals surface area (Å²) in [5.74, 6) is -0.813. The third-order valence-corrected chi connectivity index (χ3v) is 4.00. The van der Waals surface area contributed by atoms with E-state index >= 15 is 0 Å². The van der Waals surface area contributed by atoms with Crippen molar-refractivity contribution in [1.82, 2.24) is 19.9 Å². The van der Waals surface area contributed by atoms with Crippen LogP contribution in [0.5, 0.6) is 6.01 Å². The Hall–Kier alpha value is -4.14. The quantitative estimate of drug-likeness (QED) is 0.357. The predicted molar refractivity (Wildman–Crippen MR) is 104 cm³/mol. The molecule has 0 aliphatic rings. The molecule has 0 unspecified atom stereocenters. The van der Waals surface area contributed by atoms with E-state index in [1.54, 1.807) is 12.1 Å². The van der Waals surface area contributed by atoms with Gasteiger partial charge in [-0.2, -0.15) is 15.0 Å². The lowest BCUT2D eigenvalue weighted by molar-refractivity contribution is 0.0697. The number of aromatic hydroxyl groups is 1. The van der Waals surface area contributed by atoms with Crippen molar-refractivity contribution in [3.63, 3.8) is 0 Å². The molecule has 0 aliphatic heterocycles. The van der Waals surface area contributed by atoms with Gasteiger partial charge in [0.1, 0.15) is 0 Å². The van der Waals surface area contributed by atoms with E-state index in [1.807, 2.05) is 31.2 Å². The van der Waals surface area contributed by atoms with Crippen molar-refractivity contribution in [2.45, 2.75) is 6.92 Å². The van der Waals surface area contributed by atoms with Gasteiger partial charge in [0.15, 0.2) is 0 Å². The summed E-state index contributed by atoms with van der Waals surface area (Å²) >= 11 is 0. The summed E-state index contributed by atoms with van der Waals surface area (Å²) in [5, 5.41) is 25.8. The molecule has 0 aliphatic carbocycles. The van der Waals surface area contributed by atoms with E-state index in [-0.39, 0.29) is 17.5 Å². The van der Waals surface area contributed by atoms with Gasteiger partial charge >= 0.3 is 12.0 Å². The molecule has 28 heavy (non-hydrogen) atoms. The van der Waals surface area contributed by atoms with Gasteiger partial charge in [0.2, 0.25) is 11.9 Å². The monoisotopic (exact) mass is 376 g/mol. The van der Waals surface area contributed by atoms with Crippen LogP contribution in [-0.2, 0) is 0 Å². The smallest absolute Gasteiger partial charge is 0.335 e. The summed E-state index contributed by atoms with van der Waals surface area (Å²) in [4.78, 5) is 26.3. The Labute approximate surface area is 159 Å². The number of aromatic carboxylic acids is 1. The summed E-state index contributed by atoms with van der Waals surface area (Å²) in [6.45, 7) is 1.98. The lowest BCUT2D eigenvalue weighted by Crippen LogP contribution is -2.04. The van der Waals surface area contributed by atoms with Gasteiger partial charge < -0.3 is 25.8 Å². The Morgan fingerprint density at radius 3 is 2.39 bits per heavy atom. The summed E-state index contributed by atoms with van der Waals surface area (Å²) in [5.41, 5.74) is 3.41. The van der Waals surface area contributed by atoms with Gasteiger partial charge in [0, 0.05) is 28.0 Å². The highest BCUT2D eigenvalue weighted by Crippen LogP contribution is 2.23. The Kier molecular flexibility index (Phi) is 4.24. The highest BCUT2D eigenvalue weighted by Gasteiger charge is 2.09. The Bertz CT molecular complexity index is 1190. The normalized spacial score (nSPS) is 10.8. The minimum absolute atomic E-state index is 0.0797. The predicted octanol–water partition coefficient (Wildman–Crippen LogP) is 3.55. The second kappa shape index (κ2) is 6.88. The number of benzene rings is 2. The van der Waals surface area contributed by atoms with Crippen molar-refractivity contribution < 1.29 is 15.0 Å². The maximum absolute atomic E-state index is 11.1. The van der Waals surface area contributed by atoms with Crippen molar-refractivity contribution in [2.75, 3.05) is 10.6 Å². The first kappa shape index (κ1) is 17.3. The number of aromatic nitrogens is 4. The average molecular weight is 376 g/mol. The van der Waals surface area contributed by atoms with Crippen molar-refractivity contribution >= 4 is 40.1 Å². The van der Waals surface area contributed by atoms with Crippen molar-refractivity contribution in [1.29, 1.82) is 0 Å². The third kappa shape index (κ3) is 3.68. The second-order valence-electron chi connectivity index (χ2n) is 6.17. The molecule has 0 saturated carbocycles. The van der Waals surface area contributed by atoms with Crippen LogP contribution in [-0.4, -0.2) is 36.1 Å². The number of aryl methyl sites for hydroxylation is 1. The molecule has 0 saturated heterocycles. The minimum Gasteiger partial charge on any atom is -0.479 e. The average Bonchev–Trinajstić information content (AvgIpc) is 3.00. The number of carboxylic acids is 1. The number of nitrogens with zero attached hydrogens (tertiary/aromatic N) is 3. The molecular weight excluding hydrogens is 360 g/mol. The number of fused-ring (bicyclic) bond motifs is 1. The number of carboxylic acid groups (broad SMARTS) is 1. The molecule has 5 N–H and O–H groups in total. The molecule has 2 heterocycles. The molecular formula is C19H16N6O3. The van der Waals surface area contributed by atoms with E-state index in [4.69, 9.17) is 5.11 Å². The van der Waals surface area contributed by atoms with E-state index < -0.39 is 12.0 Å². The highest BCUT2D eigenvalue weighted by molar-refractivity contribution is 5.89. The van der Waals surface area contributed by atoms with Crippen LogP contribution in [0.1, 0.15) is 16.1 Å². The molecule has 0 amide bonds.